The number of aryl methyl sites for hydroxylation is 1. The van der Waals surface area contributed by atoms with Gasteiger partial charge in [-0.25, -0.2) is 0 Å². The molecule has 2 aromatic rings. The summed E-state index contributed by atoms with van der Waals surface area (Å²) in [5, 5.41) is 15.0. The molecule has 0 saturated carbocycles. The number of nitro benzene ring substituents is 1. The standard InChI is InChI=1S/C13H15N3O3/c1-9(2)19-13-5-4-10(16(17)18)8-11(13)12-6-7-14-15(12)3/h4-9H,1-3H3. The normalized spacial score (nSPS) is 10.7. The number of rotatable bonds is 4. The monoisotopic (exact) mass is 261 g/mol. The summed E-state index contributed by atoms with van der Waals surface area (Å²) >= 11 is 0. The van der Waals surface area contributed by atoms with Gasteiger partial charge in [-0.3, -0.25) is 14.8 Å². The van der Waals surface area contributed by atoms with E-state index in [9.17, 15) is 10.1 Å². The third kappa shape index (κ3) is 2.73. The zero-order valence-corrected chi connectivity index (χ0v) is 11.0. The molecule has 0 bridgehead atoms. The Balaban J connectivity index is 2.56. The molecule has 0 atom stereocenters. The minimum atomic E-state index is -0.418. The van der Waals surface area contributed by atoms with Gasteiger partial charge in [-0.2, -0.15) is 5.10 Å². The Morgan fingerprint density at radius 3 is 2.63 bits per heavy atom. The smallest absolute Gasteiger partial charge is 0.270 e. The number of hydrogen-bond acceptors (Lipinski definition) is 4. The molecule has 19 heavy (non-hydrogen) atoms. The van der Waals surface area contributed by atoms with Crippen molar-refractivity contribution in [2.75, 3.05) is 0 Å². The van der Waals surface area contributed by atoms with Crippen LogP contribution in [0.1, 0.15) is 13.8 Å². The van der Waals surface area contributed by atoms with Crippen molar-refractivity contribution in [2.45, 2.75) is 20.0 Å². The summed E-state index contributed by atoms with van der Waals surface area (Å²) in [6, 6.07) is 6.37. The fourth-order valence-electron chi connectivity index (χ4n) is 1.83. The molecule has 0 fully saturated rings. The van der Waals surface area contributed by atoms with Gasteiger partial charge in [-0.1, -0.05) is 0 Å². The number of benzene rings is 1. The van der Waals surface area contributed by atoms with Crippen molar-refractivity contribution in [2.24, 2.45) is 7.05 Å². The zero-order valence-electron chi connectivity index (χ0n) is 11.0. The minimum Gasteiger partial charge on any atom is -0.490 e. The molecule has 0 aliphatic heterocycles. The Labute approximate surface area is 110 Å². The van der Waals surface area contributed by atoms with E-state index in [0.717, 1.165) is 5.69 Å². The van der Waals surface area contributed by atoms with Crippen LogP contribution in [-0.2, 0) is 7.05 Å². The van der Waals surface area contributed by atoms with E-state index in [2.05, 4.69) is 5.10 Å². The molecule has 1 heterocycles. The number of hydrogen-bond donors (Lipinski definition) is 0. The van der Waals surface area contributed by atoms with E-state index < -0.39 is 4.92 Å². The van der Waals surface area contributed by atoms with Gasteiger partial charge in [0, 0.05) is 30.9 Å². The Hall–Kier alpha value is -2.37. The van der Waals surface area contributed by atoms with Crippen molar-refractivity contribution in [3.8, 4) is 17.0 Å². The highest BCUT2D eigenvalue weighted by molar-refractivity contribution is 5.70. The maximum atomic E-state index is 10.9. The number of aromatic nitrogens is 2. The summed E-state index contributed by atoms with van der Waals surface area (Å²) in [6.45, 7) is 3.82. The molecule has 0 N–H and O–H groups in total. The molecular formula is C13H15N3O3. The van der Waals surface area contributed by atoms with Crippen molar-refractivity contribution in [3.63, 3.8) is 0 Å². The summed E-state index contributed by atoms with van der Waals surface area (Å²) in [6.07, 6.45) is 1.64. The van der Waals surface area contributed by atoms with Gasteiger partial charge in [0.1, 0.15) is 5.75 Å². The van der Waals surface area contributed by atoms with Gasteiger partial charge < -0.3 is 4.74 Å². The maximum Gasteiger partial charge on any atom is 0.270 e. The Morgan fingerprint density at radius 2 is 2.11 bits per heavy atom. The number of nitrogens with zero attached hydrogens (tertiary/aromatic N) is 3. The second-order valence-corrected chi connectivity index (χ2v) is 4.44. The molecule has 0 aliphatic carbocycles. The molecule has 6 nitrogen and oxygen atoms in total. The SMILES string of the molecule is CC(C)Oc1ccc([N+](=O)[O-])cc1-c1ccnn1C. The molecule has 0 amide bonds. The molecule has 1 aromatic carbocycles. The second kappa shape index (κ2) is 5.09. The average molecular weight is 261 g/mol. The van der Waals surface area contributed by atoms with Crippen molar-refractivity contribution < 1.29 is 9.66 Å². The fraction of sp³-hybridized carbons (Fsp3) is 0.308. The Bertz CT molecular complexity index is 605. The van der Waals surface area contributed by atoms with Gasteiger partial charge in [-0.15, -0.1) is 0 Å². The van der Waals surface area contributed by atoms with E-state index in [1.807, 2.05) is 13.8 Å². The molecule has 0 spiro atoms. The fourth-order valence-corrected chi connectivity index (χ4v) is 1.83. The lowest BCUT2D eigenvalue weighted by atomic mass is 10.1. The topological polar surface area (TPSA) is 70.2 Å². The van der Waals surface area contributed by atoms with Crippen molar-refractivity contribution in [1.29, 1.82) is 0 Å². The summed E-state index contributed by atoms with van der Waals surface area (Å²) in [5.74, 6) is 0.615. The molecule has 0 unspecified atom stereocenters. The Kier molecular flexibility index (Phi) is 3.50. The summed E-state index contributed by atoms with van der Waals surface area (Å²) in [7, 11) is 1.79. The third-order valence-corrected chi connectivity index (χ3v) is 2.63. The van der Waals surface area contributed by atoms with E-state index in [0.29, 0.717) is 11.3 Å². The molecule has 6 heteroatoms. The van der Waals surface area contributed by atoms with Gasteiger partial charge in [0.25, 0.3) is 5.69 Å². The second-order valence-electron chi connectivity index (χ2n) is 4.44. The quantitative estimate of drug-likeness (QED) is 0.626. The highest BCUT2D eigenvalue weighted by Gasteiger charge is 2.16. The predicted octanol–water partition coefficient (Wildman–Crippen LogP) is 2.78. The predicted molar refractivity (Wildman–Crippen MR) is 71.1 cm³/mol. The van der Waals surface area contributed by atoms with Crippen LogP contribution in [0.5, 0.6) is 5.75 Å². The lowest BCUT2D eigenvalue weighted by molar-refractivity contribution is -0.384. The highest BCUT2D eigenvalue weighted by Crippen LogP contribution is 2.33. The van der Waals surface area contributed by atoms with Crippen LogP contribution in [0.25, 0.3) is 11.3 Å². The molecule has 0 aliphatic rings. The Morgan fingerprint density at radius 1 is 1.37 bits per heavy atom. The van der Waals surface area contributed by atoms with E-state index >= 15 is 0 Å². The lowest BCUT2D eigenvalue weighted by Gasteiger charge is -2.14. The number of non-ortho nitro benzene ring substituents is 1. The first-order valence-electron chi connectivity index (χ1n) is 5.92. The van der Waals surface area contributed by atoms with Crippen molar-refractivity contribution in [3.05, 3.63) is 40.6 Å². The first-order chi connectivity index (χ1) is 8.99. The van der Waals surface area contributed by atoms with Gasteiger partial charge in [-0.05, 0) is 26.0 Å². The van der Waals surface area contributed by atoms with Crippen LogP contribution in [0.3, 0.4) is 0 Å². The van der Waals surface area contributed by atoms with Gasteiger partial charge in [0.2, 0.25) is 0 Å². The molecule has 100 valence electrons. The zero-order chi connectivity index (χ0) is 14.0. The average Bonchev–Trinajstić information content (AvgIpc) is 2.75. The summed E-state index contributed by atoms with van der Waals surface area (Å²) in [5.41, 5.74) is 1.48. The maximum absolute atomic E-state index is 10.9. The first-order valence-corrected chi connectivity index (χ1v) is 5.92. The van der Waals surface area contributed by atoms with Crippen LogP contribution in [0.2, 0.25) is 0 Å². The summed E-state index contributed by atoms with van der Waals surface area (Å²) in [4.78, 5) is 10.5. The van der Waals surface area contributed by atoms with E-state index in [1.165, 1.54) is 12.1 Å². The number of nitro groups is 1. The van der Waals surface area contributed by atoms with Gasteiger partial charge in [0.05, 0.1) is 16.7 Å². The third-order valence-electron chi connectivity index (χ3n) is 2.63. The molecule has 1 aromatic heterocycles. The molecule has 0 radical (unpaired) electrons. The van der Waals surface area contributed by atoms with Crippen LogP contribution in [0.15, 0.2) is 30.5 Å². The van der Waals surface area contributed by atoms with E-state index in [4.69, 9.17) is 4.74 Å². The number of ether oxygens (including phenoxy) is 1. The van der Waals surface area contributed by atoms with Crippen LogP contribution in [0.4, 0.5) is 5.69 Å². The van der Waals surface area contributed by atoms with Crippen LogP contribution in [0, 0.1) is 10.1 Å². The van der Waals surface area contributed by atoms with E-state index in [-0.39, 0.29) is 11.8 Å². The largest absolute Gasteiger partial charge is 0.490 e. The van der Waals surface area contributed by atoms with Crippen LogP contribution < -0.4 is 4.74 Å². The van der Waals surface area contributed by atoms with Crippen LogP contribution in [-0.4, -0.2) is 20.8 Å². The lowest BCUT2D eigenvalue weighted by Crippen LogP contribution is -2.07. The minimum absolute atomic E-state index is 0.00608. The van der Waals surface area contributed by atoms with Gasteiger partial charge >= 0.3 is 0 Å². The van der Waals surface area contributed by atoms with Crippen molar-refractivity contribution in [1.82, 2.24) is 9.78 Å². The molecule has 2 rings (SSSR count). The summed E-state index contributed by atoms with van der Waals surface area (Å²) < 4.78 is 7.35. The highest BCUT2D eigenvalue weighted by atomic mass is 16.6. The van der Waals surface area contributed by atoms with Gasteiger partial charge in [0.15, 0.2) is 0 Å². The van der Waals surface area contributed by atoms with Crippen LogP contribution >= 0.6 is 0 Å². The first kappa shape index (κ1) is 13.1. The molecule has 0 saturated heterocycles. The van der Waals surface area contributed by atoms with Crippen molar-refractivity contribution >= 4 is 5.69 Å². The van der Waals surface area contributed by atoms with E-state index in [1.54, 1.807) is 30.1 Å². The molecular weight excluding hydrogens is 246 g/mol.